The predicted molar refractivity (Wildman–Crippen MR) is 89.2 cm³/mol. The molecule has 0 spiro atoms. The quantitative estimate of drug-likeness (QED) is 0.584. The van der Waals surface area contributed by atoms with Crippen molar-refractivity contribution in [2.75, 3.05) is 6.66 Å². The van der Waals surface area contributed by atoms with E-state index in [0.717, 1.165) is 0 Å². The van der Waals surface area contributed by atoms with Crippen molar-refractivity contribution in [3.8, 4) is 0 Å². The molecular weight excluding hydrogens is 267 g/mol. The third-order valence-corrected chi connectivity index (χ3v) is 6.87. The van der Waals surface area contributed by atoms with Gasteiger partial charge in [-0.3, -0.25) is 0 Å². The van der Waals surface area contributed by atoms with Crippen LogP contribution in [0.4, 0.5) is 0 Å². The maximum absolute atomic E-state index is 2.39. The summed E-state index contributed by atoms with van der Waals surface area (Å²) in [4.78, 5) is 1.51. The molecule has 0 aliphatic heterocycles. The summed E-state index contributed by atoms with van der Waals surface area (Å²) in [5.41, 5.74) is 1.43. The van der Waals surface area contributed by atoms with E-state index in [-0.39, 0.29) is 7.92 Å². The van der Waals surface area contributed by atoms with Crippen LogP contribution in [0.3, 0.4) is 0 Å². The molecule has 1 unspecified atom stereocenters. The predicted octanol–water partition coefficient (Wildman–Crippen LogP) is 5.15. The lowest BCUT2D eigenvalue weighted by Crippen LogP contribution is -2.04. The highest BCUT2D eigenvalue weighted by atomic mass is 32.1. The van der Waals surface area contributed by atoms with E-state index >= 15 is 0 Å². The molecule has 0 saturated carbocycles. The van der Waals surface area contributed by atoms with E-state index in [2.05, 4.69) is 68.2 Å². The van der Waals surface area contributed by atoms with Crippen LogP contribution in [0.2, 0.25) is 0 Å². The number of benzene rings is 2. The first-order chi connectivity index (χ1) is 9.24. The van der Waals surface area contributed by atoms with Crippen LogP contribution in [0.15, 0.2) is 54.6 Å². The number of hydrogen-bond acceptors (Lipinski definition) is 1. The second-order valence-corrected chi connectivity index (χ2v) is 8.26. The topological polar surface area (TPSA) is 0 Å². The Balaban J connectivity index is 1.86. The lowest BCUT2D eigenvalue weighted by Gasteiger charge is -2.14. The van der Waals surface area contributed by atoms with E-state index in [4.69, 9.17) is 0 Å². The maximum Gasteiger partial charge on any atom is 0.0345 e. The molecule has 1 heterocycles. The molecule has 19 heavy (non-hydrogen) atoms. The van der Waals surface area contributed by atoms with Gasteiger partial charge in [-0.25, -0.2) is 0 Å². The Kier molecular flexibility index (Phi) is 3.68. The molecule has 3 rings (SSSR count). The first-order valence-corrected chi connectivity index (χ1v) is 9.27. The average Bonchev–Trinajstić information content (AvgIpc) is 2.81. The minimum absolute atomic E-state index is 0.0992. The Labute approximate surface area is 119 Å². The van der Waals surface area contributed by atoms with Gasteiger partial charge in [0.05, 0.1) is 0 Å². The fraction of sp³-hybridized carbons (Fsp3) is 0.176. The van der Waals surface area contributed by atoms with Gasteiger partial charge >= 0.3 is 0 Å². The van der Waals surface area contributed by atoms with Crippen LogP contribution in [0.25, 0.3) is 10.1 Å². The minimum Gasteiger partial charge on any atom is -0.140 e. The van der Waals surface area contributed by atoms with Gasteiger partial charge in [0.15, 0.2) is 0 Å². The van der Waals surface area contributed by atoms with E-state index in [1.165, 1.54) is 32.0 Å². The number of hydrogen-bond donors (Lipinski definition) is 0. The van der Waals surface area contributed by atoms with Crippen molar-refractivity contribution in [3.05, 3.63) is 65.0 Å². The first kappa shape index (κ1) is 12.8. The molecule has 0 fully saturated rings. The average molecular weight is 284 g/mol. The highest BCUT2D eigenvalue weighted by molar-refractivity contribution is 7.64. The fourth-order valence-electron chi connectivity index (χ4n) is 2.43. The second kappa shape index (κ2) is 5.45. The van der Waals surface area contributed by atoms with Crippen LogP contribution in [-0.2, 0) is 6.16 Å². The fourth-order valence-corrected chi connectivity index (χ4v) is 5.87. The summed E-state index contributed by atoms with van der Waals surface area (Å²) in [6, 6.07) is 19.8. The molecule has 0 bridgehead atoms. The zero-order valence-corrected chi connectivity index (χ0v) is 13.0. The van der Waals surface area contributed by atoms with Crippen molar-refractivity contribution in [2.45, 2.75) is 13.1 Å². The van der Waals surface area contributed by atoms with E-state index < -0.39 is 0 Å². The van der Waals surface area contributed by atoms with Crippen molar-refractivity contribution in [3.63, 3.8) is 0 Å². The summed E-state index contributed by atoms with van der Waals surface area (Å²) >= 11 is 1.94. The van der Waals surface area contributed by atoms with Gasteiger partial charge in [-0.15, -0.1) is 11.3 Å². The molecule has 2 heteroatoms. The largest absolute Gasteiger partial charge is 0.140 e. The zero-order chi connectivity index (χ0) is 13.2. The second-order valence-electron chi connectivity index (χ2n) is 4.89. The van der Waals surface area contributed by atoms with Gasteiger partial charge < -0.3 is 0 Å². The van der Waals surface area contributed by atoms with E-state index in [9.17, 15) is 0 Å². The summed E-state index contributed by atoms with van der Waals surface area (Å²) in [6.45, 7) is 4.61. The van der Waals surface area contributed by atoms with E-state index in [1.54, 1.807) is 0 Å². The monoisotopic (exact) mass is 284 g/mol. The third-order valence-electron chi connectivity index (χ3n) is 3.40. The normalized spacial score (nSPS) is 12.7. The van der Waals surface area contributed by atoms with Gasteiger partial charge in [0.25, 0.3) is 0 Å². The van der Waals surface area contributed by atoms with Crippen LogP contribution in [-0.4, -0.2) is 6.66 Å². The standard InChI is InChI=1S/C17H17PS/c1-13-7-3-5-9-16(13)18(2)12-15-11-14-8-4-6-10-17(14)19-15/h3-11H,12H2,1-2H3. The van der Waals surface area contributed by atoms with Crippen LogP contribution in [0.5, 0.6) is 0 Å². The van der Waals surface area contributed by atoms with Crippen LogP contribution >= 0.6 is 19.3 Å². The number of thiophene rings is 1. The molecule has 0 N–H and O–H groups in total. The summed E-state index contributed by atoms with van der Waals surface area (Å²) in [5.74, 6) is 0. The smallest absolute Gasteiger partial charge is 0.0345 e. The summed E-state index contributed by atoms with van der Waals surface area (Å²) < 4.78 is 1.41. The SMILES string of the molecule is Cc1ccccc1P(C)Cc1cc2ccccc2s1. The summed E-state index contributed by atoms with van der Waals surface area (Å²) in [7, 11) is -0.0992. The third kappa shape index (κ3) is 2.73. The molecule has 0 nitrogen and oxygen atoms in total. The summed E-state index contributed by atoms with van der Waals surface area (Å²) in [5, 5.41) is 2.92. The highest BCUT2D eigenvalue weighted by Crippen LogP contribution is 2.39. The van der Waals surface area contributed by atoms with Gasteiger partial charge in [0, 0.05) is 15.7 Å². The van der Waals surface area contributed by atoms with Crippen molar-refractivity contribution in [2.24, 2.45) is 0 Å². The Hall–Kier alpha value is -1.17. The van der Waals surface area contributed by atoms with Crippen molar-refractivity contribution < 1.29 is 0 Å². The Bertz CT molecular complexity index is 666. The van der Waals surface area contributed by atoms with Gasteiger partial charge in [-0.05, 0) is 42.0 Å². The van der Waals surface area contributed by atoms with Gasteiger partial charge in [0.2, 0.25) is 0 Å². The van der Waals surface area contributed by atoms with Crippen LogP contribution in [0.1, 0.15) is 10.4 Å². The van der Waals surface area contributed by atoms with Crippen molar-refractivity contribution >= 4 is 34.6 Å². The maximum atomic E-state index is 2.39. The minimum atomic E-state index is -0.0992. The molecule has 1 aromatic heterocycles. The number of aryl methyl sites for hydroxylation is 1. The first-order valence-electron chi connectivity index (χ1n) is 6.48. The molecule has 0 amide bonds. The lowest BCUT2D eigenvalue weighted by molar-refractivity contribution is 1.48. The van der Waals surface area contributed by atoms with Crippen molar-refractivity contribution in [1.29, 1.82) is 0 Å². The van der Waals surface area contributed by atoms with Crippen LogP contribution < -0.4 is 5.30 Å². The number of fused-ring (bicyclic) bond motifs is 1. The van der Waals surface area contributed by atoms with Crippen molar-refractivity contribution in [1.82, 2.24) is 0 Å². The molecule has 0 saturated heterocycles. The molecule has 0 aliphatic carbocycles. The number of rotatable bonds is 3. The van der Waals surface area contributed by atoms with E-state index in [0.29, 0.717) is 0 Å². The van der Waals surface area contributed by atoms with Gasteiger partial charge in [-0.2, -0.15) is 0 Å². The molecule has 3 aromatic rings. The molecule has 2 aromatic carbocycles. The molecule has 96 valence electrons. The highest BCUT2D eigenvalue weighted by Gasteiger charge is 2.10. The summed E-state index contributed by atoms with van der Waals surface area (Å²) in [6.07, 6.45) is 1.19. The van der Waals surface area contributed by atoms with Crippen LogP contribution in [0, 0.1) is 6.92 Å². The van der Waals surface area contributed by atoms with E-state index in [1.807, 2.05) is 11.3 Å². The molecular formula is C17H17PS. The Morgan fingerprint density at radius 1 is 1.00 bits per heavy atom. The molecule has 1 atom stereocenters. The molecule has 0 aliphatic rings. The van der Waals surface area contributed by atoms with Gasteiger partial charge in [-0.1, -0.05) is 50.4 Å². The van der Waals surface area contributed by atoms with Gasteiger partial charge in [0.1, 0.15) is 0 Å². The Morgan fingerprint density at radius 3 is 2.53 bits per heavy atom. The Morgan fingerprint density at radius 2 is 1.74 bits per heavy atom. The molecule has 0 radical (unpaired) electrons. The zero-order valence-electron chi connectivity index (χ0n) is 11.3. The lowest BCUT2D eigenvalue weighted by atomic mass is 10.2.